The van der Waals surface area contributed by atoms with Crippen LogP contribution in [0.1, 0.15) is 11.4 Å². The molecule has 0 saturated heterocycles. The van der Waals surface area contributed by atoms with Crippen LogP contribution in [0.4, 0.5) is 6.01 Å². The lowest BCUT2D eigenvalue weighted by atomic mass is 10.2. The smallest absolute Gasteiger partial charge is 0.292 e. The summed E-state index contributed by atoms with van der Waals surface area (Å²) < 4.78 is 5.21. The Morgan fingerprint density at radius 2 is 2.23 bits per heavy atom. The van der Waals surface area contributed by atoms with Gasteiger partial charge in [-0.1, -0.05) is 0 Å². The molecule has 68 valence electrons. The second-order valence-electron chi connectivity index (χ2n) is 3.05. The van der Waals surface area contributed by atoms with E-state index in [0.29, 0.717) is 5.76 Å². The van der Waals surface area contributed by atoms with Gasteiger partial charge in [-0.05, 0) is 19.9 Å². The molecule has 0 unspecified atom stereocenters. The van der Waals surface area contributed by atoms with Crippen molar-refractivity contribution in [1.29, 1.82) is 0 Å². The van der Waals surface area contributed by atoms with Crippen LogP contribution < -0.4 is 5.73 Å². The molecule has 0 fully saturated rings. The lowest BCUT2D eigenvalue weighted by molar-refractivity contribution is 0.594. The van der Waals surface area contributed by atoms with E-state index < -0.39 is 0 Å². The molecule has 0 atom stereocenters. The molecule has 0 aromatic carbocycles. The van der Waals surface area contributed by atoms with Gasteiger partial charge in [0.25, 0.3) is 6.01 Å². The molecule has 4 nitrogen and oxygen atoms in total. The van der Waals surface area contributed by atoms with E-state index in [1.165, 1.54) is 0 Å². The summed E-state index contributed by atoms with van der Waals surface area (Å²) in [4.78, 5) is 7.03. The summed E-state index contributed by atoms with van der Waals surface area (Å²) in [6.07, 6.45) is 1.63. The summed E-state index contributed by atoms with van der Waals surface area (Å²) in [5.74, 6) is 0.708. The first kappa shape index (κ1) is 7.91. The molecular weight excluding hydrogens is 166 g/mol. The first-order valence-corrected chi connectivity index (χ1v) is 4.04. The van der Waals surface area contributed by atoms with Gasteiger partial charge in [0.1, 0.15) is 0 Å². The zero-order valence-corrected chi connectivity index (χ0v) is 7.59. The van der Waals surface area contributed by atoms with Gasteiger partial charge in [-0.3, -0.25) is 0 Å². The number of aromatic amines is 1. The second-order valence-corrected chi connectivity index (χ2v) is 3.05. The summed E-state index contributed by atoms with van der Waals surface area (Å²) in [6.45, 7) is 3.98. The van der Waals surface area contributed by atoms with Crippen LogP contribution in [-0.4, -0.2) is 9.97 Å². The molecule has 0 aliphatic heterocycles. The topological polar surface area (TPSA) is 67.8 Å². The molecule has 0 spiro atoms. The number of oxazole rings is 1. The summed E-state index contributed by atoms with van der Waals surface area (Å²) in [6, 6.07) is 2.21. The van der Waals surface area contributed by atoms with Gasteiger partial charge in [0.15, 0.2) is 5.76 Å². The number of H-pyrrole nitrogens is 1. The highest BCUT2D eigenvalue weighted by Crippen LogP contribution is 2.25. The molecule has 2 rings (SSSR count). The monoisotopic (exact) mass is 177 g/mol. The van der Waals surface area contributed by atoms with Crippen LogP contribution in [0.5, 0.6) is 0 Å². The Balaban J connectivity index is 2.51. The Morgan fingerprint density at radius 3 is 2.69 bits per heavy atom. The SMILES string of the molecule is Cc1cc(-c2cnc(N)o2)c(C)[nH]1. The first-order valence-electron chi connectivity index (χ1n) is 4.04. The van der Waals surface area contributed by atoms with Crippen molar-refractivity contribution in [2.75, 3.05) is 5.73 Å². The molecule has 0 aliphatic rings. The van der Waals surface area contributed by atoms with Gasteiger partial charge in [0, 0.05) is 17.0 Å². The van der Waals surface area contributed by atoms with Crippen LogP contribution in [0.2, 0.25) is 0 Å². The van der Waals surface area contributed by atoms with E-state index in [4.69, 9.17) is 10.2 Å². The van der Waals surface area contributed by atoms with Gasteiger partial charge in [-0.25, -0.2) is 4.98 Å². The Morgan fingerprint density at radius 1 is 1.46 bits per heavy atom. The van der Waals surface area contributed by atoms with Crippen molar-refractivity contribution in [3.05, 3.63) is 23.7 Å². The molecular formula is C9H11N3O. The Hall–Kier alpha value is -1.71. The number of nitrogens with zero attached hydrogens (tertiary/aromatic N) is 1. The third kappa shape index (κ3) is 1.30. The highest BCUT2D eigenvalue weighted by atomic mass is 16.4. The average molecular weight is 177 g/mol. The van der Waals surface area contributed by atoms with Crippen LogP contribution in [0.25, 0.3) is 11.3 Å². The van der Waals surface area contributed by atoms with E-state index in [2.05, 4.69) is 9.97 Å². The van der Waals surface area contributed by atoms with Gasteiger partial charge < -0.3 is 15.1 Å². The number of aromatic nitrogens is 2. The summed E-state index contributed by atoms with van der Waals surface area (Å²) in [7, 11) is 0. The maximum absolute atomic E-state index is 5.38. The van der Waals surface area contributed by atoms with Gasteiger partial charge in [0.05, 0.1) is 6.20 Å². The molecule has 0 saturated carbocycles. The normalized spacial score (nSPS) is 10.6. The predicted molar refractivity (Wildman–Crippen MR) is 50.2 cm³/mol. The fourth-order valence-corrected chi connectivity index (χ4v) is 1.39. The lowest BCUT2D eigenvalue weighted by Gasteiger charge is -1.91. The molecule has 13 heavy (non-hydrogen) atoms. The number of anilines is 1. The van der Waals surface area contributed by atoms with Crippen LogP contribution in [0.3, 0.4) is 0 Å². The van der Waals surface area contributed by atoms with Gasteiger partial charge in [-0.15, -0.1) is 0 Å². The molecule has 2 aromatic heterocycles. The standard InChI is InChI=1S/C9H11N3O/c1-5-3-7(6(2)12-5)8-4-11-9(10)13-8/h3-4,12H,1-2H3,(H2,10,11). The Labute approximate surface area is 75.8 Å². The van der Waals surface area contributed by atoms with Crippen molar-refractivity contribution in [1.82, 2.24) is 9.97 Å². The molecule has 0 bridgehead atoms. The molecule has 3 N–H and O–H groups in total. The number of hydrogen-bond donors (Lipinski definition) is 2. The van der Waals surface area contributed by atoms with Crippen LogP contribution in [0, 0.1) is 13.8 Å². The molecule has 2 aromatic rings. The zero-order chi connectivity index (χ0) is 9.42. The number of nitrogens with two attached hydrogens (primary N) is 1. The van der Waals surface area contributed by atoms with Crippen molar-refractivity contribution < 1.29 is 4.42 Å². The zero-order valence-electron chi connectivity index (χ0n) is 7.59. The lowest BCUT2D eigenvalue weighted by Crippen LogP contribution is -1.80. The Bertz CT molecular complexity index is 428. The van der Waals surface area contributed by atoms with E-state index in [1.807, 2.05) is 19.9 Å². The van der Waals surface area contributed by atoms with Crippen molar-refractivity contribution in [3.63, 3.8) is 0 Å². The van der Waals surface area contributed by atoms with Gasteiger partial charge >= 0.3 is 0 Å². The molecule has 0 amide bonds. The second kappa shape index (κ2) is 2.65. The summed E-state index contributed by atoms with van der Waals surface area (Å²) in [5.41, 5.74) is 8.56. The highest BCUT2D eigenvalue weighted by Gasteiger charge is 2.08. The van der Waals surface area contributed by atoms with E-state index in [0.717, 1.165) is 17.0 Å². The quantitative estimate of drug-likeness (QED) is 0.698. The van der Waals surface area contributed by atoms with E-state index in [-0.39, 0.29) is 6.01 Å². The minimum absolute atomic E-state index is 0.202. The molecule has 2 heterocycles. The summed E-state index contributed by atoms with van der Waals surface area (Å²) in [5, 5.41) is 0. The maximum Gasteiger partial charge on any atom is 0.292 e. The molecule has 4 heteroatoms. The van der Waals surface area contributed by atoms with Gasteiger partial charge in [-0.2, -0.15) is 0 Å². The minimum atomic E-state index is 0.202. The number of nitrogens with one attached hydrogen (secondary N) is 1. The summed E-state index contributed by atoms with van der Waals surface area (Å²) >= 11 is 0. The maximum atomic E-state index is 5.38. The highest BCUT2D eigenvalue weighted by molar-refractivity contribution is 5.61. The fourth-order valence-electron chi connectivity index (χ4n) is 1.39. The Kier molecular flexibility index (Phi) is 1.62. The minimum Gasteiger partial charge on any atom is -0.424 e. The van der Waals surface area contributed by atoms with E-state index >= 15 is 0 Å². The largest absolute Gasteiger partial charge is 0.424 e. The average Bonchev–Trinajstić information content (AvgIpc) is 2.58. The third-order valence-electron chi connectivity index (χ3n) is 1.94. The predicted octanol–water partition coefficient (Wildman–Crippen LogP) is 1.87. The molecule has 0 aliphatic carbocycles. The van der Waals surface area contributed by atoms with Crippen molar-refractivity contribution in [3.8, 4) is 11.3 Å². The molecule has 0 radical (unpaired) electrons. The third-order valence-corrected chi connectivity index (χ3v) is 1.94. The van der Waals surface area contributed by atoms with E-state index in [1.54, 1.807) is 6.20 Å². The number of rotatable bonds is 1. The van der Waals surface area contributed by atoms with Crippen LogP contribution in [-0.2, 0) is 0 Å². The first-order chi connectivity index (χ1) is 6.16. The number of nitrogen functional groups attached to an aromatic ring is 1. The van der Waals surface area contributed by atoms with Crippen molar-refractivity contribution in [2.45, 2.75) is 13.8 Å². The number of aryl methyl sites for hydroxylation is 2. The van der Waals surface area contributed by atoms with Crippen molar-refractivity contribution >= 4 is 6.01 Å². The van der Waals surface area contributed by atoms with Gasteiger partial charge in [0.2, 0.25) is 0 Å². The fraction of sp³-hybridized carbons (Fsp3) is 0.222. The van der Waals surface area contributed by atoms with Crippen molar-refractivity contribution in [2.24, 2.45) is 0 Å². The van der Waals surface area contributed by atoms with Crippen LogP contribution in [0.15, 0.2) is 16.7 Å². The number of hydrogen-bond acceptors (Lipinski definition) is 3. The van der Waals surface area contributed by atoms with E-state index in [9.17, 15) is 0 Å². The van der Waals surface area contributed by atoms with Crippen LogP contribution >= 0.6 is 0 Å².